The zero-order valence-corrected chi connectivity index (χ0v) is 15.1. The highest BCUT2D eigenvalue weighted by Crippen LogP contribution is 2.41. The molecular formula is C18H23F6N3. The number of halogens is 6. The van der Waals surface area contributed by atoms with Crippen LogP contribution in [0.2, 0.25) is 0 Å². The first-order valence-corrected chi connectivity index (χ1v) is 8.91. The minimum absolute atomic E-state index is 0.0213. The molecule has 2 saturated heterocycles. The highest BCUT2D eigenvalue weighted by Gasteiger charge is 2.45. The number of alkyl halides is 6. The lowest BCUT2D eigenvalue weighted by Gasteiger charge is -2.38. The molecule has 0 saturated carbocycles. The van der Waals surface area contributed by atoms with E-state index in [9.17, 15) is 26.3 Å². The lowest BCUT2D eigenvalue weighted by Crippen LogP contribution is -2.49. The van der Waals surface area contributed by atoms with E-state index >= 15 is 0 Å². The maximum absolute atomic E-state index is 13.1. The fraction of sp³-hybridized carbons (Fsp3) is 0.667. The van der Waals surface area contributed by atoms with Crippen LogP contribution in [0.15, 0.2) is 18.2 Å². The van der Waals surface area contributed by atoms with Crippen LogP contribution in [0.4, 0.5) is 26.3 Å². The second-order valence-corrected chi connectivity index (χ2v) is 7.69. The standard InChI is InChI=1S/C18H23F6N3/c1-10(25)7-26-8-16-6-15(26)9-27(16)11(2)12-3-13(17(19,20)21)5-14(4-12)18(22,23)24/h3-5,10-11,15-16H,6-9,25H2,1-2H3/t10-,11?,15+,16?/m1/s1. The minimum Gasteiger partial charge on any atom is -0.327 e. The van der Waals surface area contributed by atoms with Crippen molar-refractivity contribution < 1.29 is 26.3 Å². The Morgan fingerprint density at radius 2 is 1.52 bits per heavy atom. The van der Waals surface area contributed by atoms with Gasteiger partial charge in [0, 0.05) is 43.8 Å². The molecule has 1 aromatic rings. The average molecular weight is 395 g/mol. The molecular weight excluding hydrogens is 372 g/mol. The van der Waals surface area contributed by atoms with Crippen molar-refractivity contribution in [3.05, 3.63) is 34.9 Å². The summed E-state index contributed by atoms with van der Waals surface area (Å²) in [5, 5.41) is 0. The Labute approximate surface area is 154 Å². The Morgan fingerprint density at radius 1 is 0.963 bits per heavy atom. The smallest absolute Gasteiger partial charge is 0.327 e. The highest BCUT2D eigenvalue weighted by atomic mass is 19.4. The van der Waals surface area contributed by atoms with Crippen molar-refractivity contribution in [3.63, 3.8) is 0 Å². The van der Waals surface area contributed by atoms with Gasteiger partial charge in [0.2, 0.25) is 0 Å². The van der Waals surface area contributed by atoms with Gasteiger partial charge in [-0.15, -0.1) is 0 Å². The molecule has 4 atom stereocenters. The first kappa shape index (κ1) is 20.4. The second kappa shape index (κ2) is 6.93. The summed E-state index contributed by atoms with van der Waals surface area (Å²) >= 11 is 0. The normalized spacial score (nSPS) is 26.6. The largest absolute Gasteiger partial charge is 0.416 e. The van der Waals surface area contributed by atoms with Crippen molar-refractivity contribution in [2.45, 2.75) is 56.8 Å². The van der Waals surface area contributed by atoms with Crippen molar-refractivity contribution in [1.29, 1.82) is 0 Å². The van der Waals surface area contributed by atoms with E-state index in [1.54, 1.807) is 6.92 Å². The van der Waals surface area contributed by atoms with Crippen LogP contribution >= 0.6 is 0 Å². The van der Waals surface area contributed by atoms with Crippen LogP contribution < -0.4 is 5.73 Å². The molecule has 2 heterocycles. The van der Waals surface area contributed by atoms with Gasteiger partial charge in [-0.05, 0) is 44.0 Å². The lowest BCUT2D eigenvalue weighted by atomic mass is 9.98. The van der Waals surface area contributed by atoms with Crippen LogP contribution in [0.5, 0.6) is 0 Å². The van der Waals surface area contributed by atoms with Crippen LogP contribution in [-0.2, 0) is 12.4 Å². The second-order valence-electron chi connectivity index (χ2n) is 7.69. The summed E-state index contributed by atoms with van der Waals surface area (Å²) in [6.07, 6.45) is -8.79. The minimum atomic E-state index is -4.83. The molecule has 0 radical (unpaired) electrons. The third-order valence-electron chi connectivity index (χ3n) is 5.51. The quantitative estimate of drug-likeness (QED) is 0.786. The fourth-order valence-electron chi connectivity index (χ4n) is 4.26. The van der Waals surface area contributed by atoms with Crippen LogP contribution in [0.1, 0.15) is 43.0 Å². The number of fused-ring (bicyclic) bond motifs is 2. The van der Waals surface area contributed by atoms with Gasteiger partial charge in [0.1, 0.15) is 0 Å². The molecule has 2 N–H and O–H groups in total. The lowest BCUT2D eigenvalue weighted by molar-refractivity contribution is -0.143. The van der Waals surface area contributed by atoms with Crippen LogP contribution in [-0.4, -0.2) is 47.6 Å². The third kappa shape index (κ3) is 4.25. The van der Waals surface area contributed by atoms with E-state index in [2.05, 4.69) is 4.90 Å². The molecule has 0 amide bonds. The molecule has 1 aromatic carbocycles. The molecule has 3 rings (SSSR count). The van der Waals surface area contributed by atoms with E-state index < -0.39 is 29.5 Å². The topological polar surface area (TPSA) is 32.5 Å². The Kier molecular flexibility index (Phi) is 5.24. The Bertz CT molecular complexity index is 652. The Balaban J connectivity index is 1.85. The maximum atomic E-state index is 13.1. The van der Waals surface area contributed by atoms with Gasteiger partial charge in [0.05, 0.1) is 11.1 Å². The number of benzene rings is 1. The molecule has 0 spiro atoms. The number of rotatable bonds is 4. The number of hydrogen-bond acceptors (Lipinski definition) is 3. The third-order valence-corrected chi connectivity index (χ3v) is 5.51. The summed E-state index contributed by atoms with van der Waals surface area (Å²) in [6, 6.07) is 1.71. The zero-order valence-electron chi connectivity index (χ0n) is 15.1. The predicted octanol–water partition coefficient (Wildman–Crippen LogP) is 3.89. The van der Waals surface area contributed by atoms with Gasteiger partial charge in [-0.25, -0.2) is 0 Å². The molecule has 152 valence electrons. The van der Waals surface area contributed by atoms with Crippen molar-refractivity contribution in [1.82, 2.24) is 9.80 Å². The monoisotopic (exact) mass is 395 g/mol. The van der Waals surface area contributed by atoms with Crippen LogP contribution in [0.25, 0.3) is 0 Å². The summed E-state index contributed by atoms with van der Waals surface area (Å²) in [6.45, 7) is 5.68. The molecule has 2 bridgehead atoms. The summed E-state index contributed by atoms with van der Waals surface area (Å²) in [5.74, 6) is 0. The highest BCUT2D eigenvalue weighted by molar-refractivity contribution is 5.35. The van der Waals surface area contributed by atoms with Gasteiger partial charge >= 0.3 is 12.4 Å². The van der Waals surface area contributed by atoms with E-state index in [1.807, 2.05) is 11.8 Å². The van der Waals surface area contributed by atoms with Crippen LogP contribution in [0.3, 0.4) is 0 Å². The van der Waals surface area contributed by atoms with Gasteiger partial charge in [-0.3, -0.25) is 9.80 Å². The van der Waals surface area contributed by atoms with Crippen molar-refractivity contribution in [2.24, 2.45) is 5.73 Å². The van der Waals surface area contributed by atoms with E-state index in [4.69, 9.17) is 5.73 Å². The number of nitrogens with zero attached hydrogens (tertiary/aromatic N) is 2. The molecule has 27 heavy (non-hydrogen) atoms. The summed E-state index contributed by atoms with van der Waals surface area (Å²) in [5.41, 5.74) is 3.36. The SMILES string of the molecule is CC(c1cc(C(F)(F)F)cc(C(F)(F)F)c1)N1C[C@@H]2CC1CN2C[C@@H](C)N. The fourth-order valence-corrected chi connectivity index (χ4v) is 4.26. The molecule has 3 nitrogen and oxygen atoms in total. The first-order valence-electron chi connectivity index (χ1n) is 8.91. The Hall–Kier alpha value is -1.32. The molecule has 2 unspecified atom stereocenters. The molecule has 0 aromatic heterocycles. The van der Waals surface area contributed by atoms with Gasteiger partial charge in [0.15, 0.2) is 0 Å². The van der Waals surface area contributed by atoms with Crippen molar-refractivity contribution in [3.8, 4) is 0 Å². The van der Waals surface area contributed by atoms with Crippen molar-refractivity contribution >= 4 is 0 Å². The average Bonchev–Trinajstić information content (AvgIpc) is 3.11. The summed E-state index contributed by atoms with van der Waals surface area (Å²) < 4.78 is 78.6. The first-order chi connectivity index (χ1) is 12.4. The maximum Gasteiger partial charge on any atom is 0.416 e. The van der Waals surface area contributed by atoms with E-state index in [0.717, 1.165) is 31.6 Å². The number of nitrogens with two attached hydrogens (primary N) is 1. The molecule has 2 fully saturated rings. The van der Waals surface area contributed by atoms with Gasteiger partial charge in [0.25, 0.3) is 0 Å². The number of piperazine rings is 1. The van der Waals surface area contributed by atoms with Gasteiger partial charge in [-0.2, -0.15) is 26.3 Å². The van der Waals surface area contributed by atoms with Crippen LogP contribution in [0, 0.1) is 0 Å². The summed E-state index contributed by atoms with van der Waals surface area (Å²) in [7, 11) is 0. The van der Waals surface area contributed by atoms with Gasteiger partial charge in [-0.1, -0.05) is 0 Å². The number of likely N-dealkylation sites (tertiary alicyclic amines) is 2. The molecule has 2 aliphatic rings. The van der Waals surface area contributed by atoms with E-state index in [0.29, 0.717) is 6.54 Å². The van der Waals surface area contributed by atoms with E-state index in [-0.39, 0.29) is 29.8 Å². The predicted molar refractivity (Wildman–Crippen MR) is 89.0 cm³/mol. The molecule has 2 aliphatic heterocycles. The van der Waals surface area contributed by atoms with Crippen molar-refractivity contribution in [2.75, 3.05) is 19.6 Å². The molecule has 0 aliphatic carbocycles. The van der Waals surface area contributed by atoms with E-state index in [1.165, 1.54) is 0 Å². The molecule has 9 heteroatoms. The summed E-state index contributed by atoms with van der Waals surface area (Å²) in [4.78, 5) is 4.27. The van der Waals surface area contributed by atoms with Gasteiger partial charge < -0.3 is 5.73 Å². The Morgan fingerprint density at radius 3 is 1.93 bits per heavy atom. The number of hydrogen-bond donors (Lipinski definition) is 1. The zero-order chi connectivity index (χ0) is 20.1.